The van der Waals surface area contributed by atoms with Crippen LogP contribution in [0, 0.1) is 6.92 Å². The van der Waals surface area contributed by atoms with E-state index in [0.29, 0.717) is 0 Å². The van der Waals surface area contributed by atoms with Crippen LogP contribution in [0.25, 0.3) is 0 Å². The summed E-state index contributed by atoms with van der Waals surface area (Å²) in [6, 6.07) is 10.7. The summed E-state index contributed by atoms with van der Waals surface area (Å²) in [5.74, 6) is 0.934. The van der Waals surface area contributed by atoms with Crippen LogP contribution in [0.15, 0.2) is 36.5 Å². The van der Waals surface area contributed by atoms with Crippen LogP contribution in [0.5, 0.6) is 5.75 Å². The van der Waals surface area contributed by atoms with Crippen LogP contribution in [0.2, 0.25) is 0 Å². The van der Waals surface area contributed by atoms with Crippen molar-refractivity contribution in [3.63, 3.8) is 0 Å². The maximum atomic E-state index is 5.71. The molecule has 0 radical (unpaired) electrons. The summed E-state index contributed by atoms with van der Waals surface area (Å²) in [4.78, 5) is 0. The Kier molecular flexibility index (Phi) is 4.55. The minimum atomic E-state index is 0.721. The molecule has 3 rings (SSSR count). The maximum absolute atomic E-state index is 5.71. The molecule has 2 aromatic rings. The average molecular weight is 285 g/mol. The van der Waals surface area contributed by atoms with Crippen LogP contribution in [0.3, 0.4) is 0 Å². The van der Waals surface area contributed by atoms with Crippen LogP contribution in [-0.4, -0.2) is 22.4 Å². The van der Waals surface area contributed by atoms with Gasteiger partial charge in [0.25, 0.3) is 0 Å². The fourth-order valence-electron chi connectivity index (χ4n) is 2.35. The van der Waals surface area contributed by atoms with E-state index in [0.717, 1.165) is 37.9 Å². The normalized spacial score (nSPS) is 14.3. The molecule has 4 heteroatoms. The van der Waals surface area contributed by atoms with Crippen molar-refractivity contribution in [1.29, 1.82) is 0 Å². The van der Waals surface area contributed by atoms with Crippen molar-refractivity contribution in [3.8, 4) is 5.75 Å². The second-order valence-corrected chi connectivity index (χ2v) is 5.65. The fraction of sp³-hybridized carbons (Fsp3) is 0.471. The van der Waals surface area contributed by atoms with Gasteiger partial charge in [-0.2, -0.15) is 5.10 Å². The molecular formula is C17H23N3O. The minimum absolute atomic E-state index is 0.721. The summed E-state index contributed by atoms with van der Waals surface area (Å²) >= 11 is 0. The molecule has 1 heterocycles. The lowest BCUT2D eigenvalue weighted by Gasteiger charge is -2.08. The molecule has 1 aliphatic rings. The van der Waals surface area contributed by atoms with E-state index in [1.165, 1.54) is 24.1 Å². The van der Waals surface area contributed by atoms with E-state index in [2.05, 4.69) is 22.0 Å². The van der Waals surface area contributed by atoms with Gasteiger partial charge in [-0.05, 0) is 31.9 Å². The van der Waals surface area contributed by atoms with Crippen molar-refractivity contribution in [3.05, 3.63) is 47.8 Å². The van der Waals surface area contributed by atoms with Crippen LogP contribution in [0.1, 0.15) is 30.5 Å². The first-order valence-corrected chi connectivity index (χ1v) is 7.75. The number of benzene rings is 1. The second kappa shape index (κ2) is 6.76. The lowest BCUT2D eigenvalue weighted by atomic mass is 10.2. The highest BCUT2D eigenvalue weighted by Crippen LogP contribution is 2.20. The number of para-hydroxylation sites is 1. The summed E-state index contributed by atoms with van der Waals surface area (Å²) < 4.78 is 7.79. The predicted octanol–water partition coefficient (Wildman–Crippen LogP) is 2.91. The Morgan fingerprint density at radius 3 is 2.86 bits per heavy atom. The fourth-order valence-corrected chi connectivity index (χ4v) is 2.35. The van der Waals surface area contributed by atoms with Gasteiger partial charge in [0.2, 0.25) is 0 Å². The molecule has 4 nitrogen and oxygen atoms in total. The maximum Gasteiger partial charge on any atom is 0.119 e. The second-order valence-electron chi connectivity index (χ2n) is 5.65. The van der Waals surface area contributed by atoms with E-state index < -0.39 is 0 Å². The lowest BCUT2D eigenvalue weighted by Crippen LogP contribution is -2.16. The summed E-state index contributed by atoms with van der Waals surface area (Å²) in [5.41, 5.74) is 2.58. The summed E-state index contributed by atoms with van der Waals surface area (Å²) in [6.45, 7) is 4.72. The standard InChI is InChI=1S/C17H23N3O/c1-14-15(12-18-16-8-9-16)13-19-20(14)10-5-11-21-17-6-3-2-4-7-17/h2-4,6-7,13,16,18H,5,8-12H2,1H3. The van der Waals surface area contributed by atoms with Gasteiger partial charge in [-0.15, -0.1) is 0 Å². The molecular weight excluding hydrogens is 262 g/mol. The van der Waals surface area contributed by atoms with Gasteiger partial charge in [0.1, 0.15) is 5.75 Å². The molecule has 1 fully saturated rings. The van der Waals surface area contributed by atoms with Crippen molar-refractivity contribution in [2.24, 2.45) is 0 Å². The largest absolute Gasteiger partial charge is 0.494 e. The molecule has 21 heavy (non-hydrogen) atoms. The molecule has 0 atom stereocenters. The third-order valence-corrected chi connectivity index (χ3v) is 3.89. The number of rotatable bonds is 8. The first-order valence-electron chi connectivity index (χ1n) is 7.75. The van der Waals surface area contributed by atoms with Crippen molar-refractivity contribution < 1.29 is 4.74 Å². The van der Waals surface area contributed by atoms with Crippen LogP contribution >= 0.6 is 0 Å². The van der Waals surface area contributed by atoms with E-state index in [1.807, 2.05) is 36.5 Å². The van der Waals surface area contributed by atoms with Gasteiger partial charge in [-0.3, -0.25) is 4.68 Å². The van der Waals surface area contributed by atoms with E-state index in [4.69, 9.17) is 4.74 Å². The number of ether oxygens (including phenoxy) is 1. The average Bonchev–Trinajstić information content (AvgIpc) is 3.28. The zero-order valence-corrected chi connectivity index (χ0v) is 12.6. The molecule has 0 saturated heterocycles. The number of nitrogens with zero attached hydrogens (tertiary/aromatic N) is 2. The minimum Gasteiger partial charge on any atom is -0.494 e. The zero-order valence-electron chi connectivity index (χ0n) is 12.6. The monoisotopic (exact) mass is 285 g/mol. The third kappa shape index (κ3) is 4.08. The van der Waals surface area contributed by atoms with Crippen molar-refractivity contribution in [1.82, 2.24) is 15.1 Å². The SMILES string of the molecule is Cc1c(CNC2CC2)cnn1CCCOc1ccccc1. The molecule has 1 aliphatic carbocycles. The molecule has 1 N–H and O–H groups in total. The molecule has 0 aliphatic heterocycles. The van der Waals surface area contributed by atoms with E-state index in [1.54, 1.807) is 0 Å². The molecule has 1 aromatic carbocycles. The Bertz CT molecular complexity index is 561. The first-order chi connectivity index (χ1) is 10.3. The Morgan fingerprint density at radius 1 is 1.29 bits per heavy atom. The highest BCUT2D eigenvalue weighted by molar-refractivity contribution is 5.20. The predicted molar refractivity (Wildman–Crippen MR) is 83.4 cm³/mol. The molecule has 0 amide bonds. The van der Waals surface area contributed by atoms with Crippen LogP contribution in [0.4, 0.5) is 0 Å². The number of nitrogens with one attached hydrogen (secondary N) is 1. The topological polar surface area (TPSA) is 39.1 Å². The van der Waals surface area contributed by atoms with Crippen LogP contribution in [-0.2, 0) is 13.1 Å². The van der Waals surface area contributed by atoms with Gasteiger partial charge in [0.05, 0.1) is 12.8 Å². The smallest absolute Gasteiger partial charge is 0.119 e. The summed E-state index contributed by atoms with van der Waals surface area (Å²) in [7, 11) is 0. The van der Waals surface area contributed by atoms with Crippen molar-refractivity contribution in [2.75, 3.05) is 6.61 Å². The van der Waals surface area contributed by atoms with E-state index in [-0.39, 0.29) is 0 Å². The van der Waals surface area contributed by atoms with Crippen LogP contribution < -0.4 is 10.1 Å². The summed E-state index contributed by atoms with van der Waals surface area (Å²) in [6.07, 6.45) is 5.60. The van der Waals surface area contributed by atoms with Gasteiger partial charge in [-0.25, -0.2) is 0 Å². The molecule has 0 bridgehead atoms. The first kappa shape index (κ1) is 14.1. The lowest BCUT2D eigenvalue weighted by molar-refractivity contribution is 0.298. The Balaban J connectivity index is 1.42. The molecule has 0 unspecified atom stereocenters. The zero-order chi connectivity index (χ0) is 14.5. The highest BCUT2D eigenvalue weighted by atomic mass is 16.5. The number of hydrogen-bond donors (Lipinski definition) is 1. The Morgan fingerprint density at radius 2 is 2.10 bits per heavy atom. The number of aromatic nitrogens is 2. The van der Waals surface area contributed by atoms with Gasteiger partial charge in [-0.1, -0.05) is 18.2 Å². The van der Waals surface area contributed by atoms with Crippen molar-refractivity contribution >= 4 is 0 Å². The Labute approximate surface area is 126 Å². The number of aryl methyl sites for hydroxylation is 1. The quantitative estimate of drug-likeness (QED) is 0.758. The molecule has 112 valence electrons. The van der Waals surface area contributed by atoms with Gasteiger partial charge < -0.3 is 10.1 Å². The van der Waals surface area contributed by atoms with E-state index in [9.17, 15) is 0 Å². The molecule has 1 aromatic heterocycles. The van der Waals surface area contributed by atoms with Gasteiger partial charge in [0, 0.05) is 36.8 Å². The van der Waals surface area contributed by atoms with Gasteiger partial charge in [0.15, 0.2) is 0 Å². The van der Waals surface area contributed by atoms with E-state index >= 15 is 0 Å². The number of hydrogen-bond acceptors (Lipinski definition) is 3. The highest BCUT2D eigenvalue weighted by Gasteiger charge is 2.20. The van der Waals surface area contributed by atoms with Gasteiger partial charge >= 0.3 is 0 Å². The molecule has 0 spiro atoms. The summed E-state index contributed by atoms with van der Waals surface area (Å²) in [5, 5.41) is 8.02. The third-order valence-electron chi connectivity index (χ3n) is 3.89. The van der Waals surface area contributed by atoms with Crippen molar-refractivity contribution in [2.45, 2.75) is 45.3 Å². The Hall–Kier alpha value is -1.81. The molecule has 1 saturated carbocycles.